The molecule has 0 aromatic heterocycles. The van der Waals surface area contributed by atoms with Crippen molar-refractivity contribution < 1.29 is 13.5 Å². The Kier molecular flexibility index (Phi) is 10.9. The third-order valence-electron chi connectivity index (χ3n) is 3.17. The molecule has 0 radical (unpaired) electrons. The molecule has 0 amide bonds. The van der Waals surface area contributed by atoms with Gasteiger partial charge >= 0.3 is 6.61 Å². The van der Waals surface area contributed by atoms with Crippen LogP contribution in [0, 0.1) is 6.92 Å². The summed E-state index contributed by atoms with van der Waals surface area (Å²) in [6, 6.07) is 5.12. The Morgan fingerprint density at radius 1 is 1.20 bits per heavy atom. The molecule has 5 nitrogen and oxygen atoms in total. The highest BCUT2D eigenvalue weighted by Crippen LogP contribution is 2.21. The average molecular weight is 470 g/mol. The van der Waals surface area contributed by atoms with Crippen molar-refractivity contribution in [3.05, 3.63) is 29.3 Å². The molecular formula is C17H29F2IN4O. The first-order valence-corrected chi connectivity index (χ1v) is 7.95. The number of halogens is 3. The Bertz CT molecular complexity index is 548. The lowest BCUT2D eigenvalue weighted by molar-refractivity contribution is -0.0504. The van der Waals surface area contributed by atoms with Crippen molar-refractivity contribution in [2.45, 2.75) is 46.4 Å². The molecule has 0 atom stereocenters. The summed E-state index contributed by atoms with van der Waals surface area (Å²) in [4.78, 5) is 4.13. The standard InChI is InChI=1S/C17H28F2N4O.HI/c1-12-6-7-14(24-15(18)19)13(10-12)11-22-16(20-5)21-8-9-23-17(2,3)4;/h6-7,10,15,23H,8-9,11H2,1-5H3,(H2,20,21,22);1H. The quantitative estimate of drug-likeness (QED) is 0.248. The van der Waals surface area contributed by atoms with Gasteiger partial charge in [0, 0.05) is 37.8 Å². The smallest absolute Gasteiger partial charge is 0.387 e. The highest BCUT2D eigenvalue weighted by Gasteiger charge is 2.11. The van der Waals surface area contributed by atoms with E-state index in [2.05, 4.69) is 46.5 Å². The molecule has 0 saturated heterocycles. The van der Waals surface area contributed by atoms with Crippen LogP contribution in [0.1, 0.15) is 31.9 Å². The van der Waals surface area contributed by atoms with Crippen LogP contribution in [-0.4, -0.2) is 38.2 Å². The SMILES string of the molecule is CN=C(NCCNC(C)(C)C)NCc1cc(C)ccc1OC(F)F.I. The van der Waals surface area contributed by atoms with E-state index in [1.54, 1.807) is 19.2 Å². The van der Waals surface area contributed by atoms with E-state index < -0.39 is 6.61 Å². The first kappa shape index (κ1) is 23.8. The fraction of sp³-hybridized carbons (Fsp3) is 0.588. The van der Waals surface area contributed by atoms with Gasteiger partial charge in [-0.15, -0.1) is 24.0 Å². The second-order valence-electron chi connectivity index (χ2n) is 6.52. The van der Waals surface area contributed by atoms with Crippen LogP contribution < -0.4 is 20.7 Å². The Hall–Kier alpha value is -1.16. The van der Waals surface area contributed by atoms with Crippen LogP contribution in [-0.2, 0) is 6.54 Å². The maximum absolute atomic E-state index is 12.5. The Morgan fingerprint density at radius 2 is 1.88 bits per heavy atom. The molecular weight excluding hydrogens is 441 g/mol. The van der Waals surface area contributed by atoms with E-state index in [1.807, 2.05) is 13.0 Å². The van der Waals surface area contributed by atoms with E-state index in [0.29, 0.717) is 24.6 Å². The van der Waals surface area contributed by atoms with Crippen LogP contribution in [0.2, 0.25) is 0 Å². The summed E-state index contributed by atoms with van der Waals surface area (Å²) < 4.78 is 29.5. The maximum atomic E-state index is 12.5. The number of hydrogen-bond donors (Lipinski definition) is 3. The molecule has 0 aliphatic rings. The van der Waals surface area contributed by atoms with E-state index in [4.69, 9.17) is 0 Å². The first-order chi connectivity index (χ1) is 11.2. The molecule has 1 rings (SSSR count). The van der Waals surface area contributed by atoms with E-state index in [-0.39, 0.29) is 35.3 Å². The van der Waals surface area contributed by atoms with Crippen molar-refractivity contribution in [3.8, 4) is 5.75 Å². The number of hydrogen-bond acceptors (Lipinski definition) is 3. The normalized spacial score (nSPS) is 11.9. The van der Waals surface area contributed by atoms with Gasteiger partial charge in [0.1, 0.15) is 5.75 Å². The van der Waals surface area contributed by atoms with Crippen LogP contribution in [0.4, 0.5) is 8.78 Å². The molecule has 25 heavy (non-hydrogen) atoms. The van der Waals surface area contributed by atoms with Crippen LogP contribution in [0.25, 0.3) is 0 Å². The number of guanidine groups is 1. The number of nitrogens with zero attached hydrogens (tertiary/aromatic N) is 1. The molecule has 8 heteroatoms. The monoisotopic (exact) mass is 470 g/mol. The van der Waals surface area contributed by atoms with E-state index in [1.165, 1.54) is 0 Å². The summed E-state index contributed by atoms with van der Waals surface area (Å²) in [5, 5.41) is 9.65. The molecule has 0 aliphatic heterocycles. The fourth-order valence-corrected chi connectivity index (χ4v) is 2.08. The highest BCUT2D eigenvalue weighted by atomic mass is 127. The summed E-state index contributed by atoms with van der Waals surface area (Å²) >= 11 is 0. The molecule has 1 aromatic rings. The van der Waals surface area contributed by atoms with Crippen molar-refractivity contribution in [2.75, 3.05) is 20.1 Å². The maximum Gasteiger partial charge on any atom is 0.387 e. The topological polar surface area (TPSA) is 57.7 Å². The molecule has 3 N–H and O–H groups in total. The summed E-state index contributed by atoms with van der Waals surface area (Å²) in [6.45, 7) is 7.19. The molecule has 0 saturated carbocycles. The molecule has 0 aliphatic carbocycles. The van der Waals surface area contributed by atoms with E-state index >= 15 is 0 Å². The van der Waals surface area contributed by atoms with Crippen molar-refractivity contribution in [2.24, 2.45) is 4.99 Å². The molecule has 0 unspecified atom stereocenters. The number of benzene rings is 1. The minimum atomic E-state index is -2.84. The van der Waals surface area contributed by atoms with Crippen molar-refractivity contribution in [1.82, 2.24) is 16.0 Å². The van der Waals surface area contributed by atoms with E-state index in [9.17, 15) is 8.78 Å². The Labute approximate surface area is 166 Å². The van der Waals surface area contributed by atoms with Crippen LogP contribution in [0.3, 0.4) is 0 Å². The largest absolute Gasteiger partial charge is 0.434 e. The van der Waals surface area contributed by atoms with Gasteiger partial charge in [-0.1, -0.05) is 17.7 Å². The predicted molar refractivity (Wildman–Crippen MR) is 109 cm³/mol. The Balaban J connectivity index is 0.00000576. The van der Waals surface area contributed by atoms with Crippen LogP contribution >= 0.6 is 24.0 Å². The van der Waals surface area contributed by atoms with Gasteiger partial charge in [0.05, 0.1) is 0 Å². The number of alkyl halides is 2. The van der Waals surface area contributed by atoms with Crippen molar-refractivity contribution in [3.63, 3.8) is 0 Å². The third kappa shape index (κ3) is 10.4. The van der Waals surface area contributed by atoms with Gasteiger partial charge in [0.15, 0.2) is 5.96 Å². The summed E-state index contributed by atoms with van der Waals surface area (Å²) in [6.07, 6.45) is 0. The highest BCUT2D eigenvalue weighted by molar-refractivity contribution is 14.0. The van der Waals surface area contributed by atoms with Gasteiger partial charge in [0.25, 0.3) is 0 Å². The minimum absolute atomic E-state index is 0. The molecule has 0 bridgehead atoms. The lowest BCUT2D eigenvalue weighted by atomic mass is 10.1. The molecule has 0 heterocycles. The second kappa shape index (κ2) is 11.5. The van der Waals surface area contributed by atoms with Crippen molar-refractivity contribution >= 4 is 29.9 Å². The van der Waals surface area contributed by atoms with Crippen LogP contribution in [0.15, 0.2) is 23.2 Å². The molecule has 1 aromatic carbocycles. The zero-order valence-corrected chi connectivity index (χ0v) is 17.8. The average Bonchev–Trinajstić information content (AvgIpc) is 2.47. The van der Waals surface area contributed by atoms with Gasteiger partial charge in [0.2, 0.25) is 0 Å². The van der Waals surface area contributed by atoms with Gasteiger partial charge in [-0.05, 0) is 33.8 Å². The number of aliphatic imine (C=N–C) groups is 1. The zero-order valence-electron chi connectivity index (χ0n) is 15.5. The van der Waals surface area contributed by atoms with E-state index in [0.717, 1.165) is 12.1 Å². The lowest BCUT2D eigenvalue weighted by Crippen LogP contribution is -2.44. The third-order valence-corrected chi connectivity index (χ3v) is 3.17. The summed E-state index contributed by atoms with van der Waals surface area (Å²) in [5.41, 5.74) is 1.69. The number of ether oxygens (including phenoxy) is 1. The van der Waals surface area contributed by atoms with Gasteiger partial charge in [-0.2, -0.15) is 8.78 Å². The fourth-order valence-electron chi connectivity index (χ4n) is 2.08. The minimum Gasteiger partial charge on any atom is -0.434 e. The number of rotatable bonds is 7. The molecule has 144 valence electrons. The van der Waals surface area contributed by atoms with Gasteiger partial charge < -0.3 is 20.7 Å². The summed E-state index contributed by atoms with van der Waals surface area (Å²) in [5.74, 6) is 0.781. The number of nitrogens with one attached hydrogen (secondary N) is 3. The van der Waals surface area contributed by atoms with Gasteiger partial charge in [-0.25, -0.2) is 0 Å². The lowest BCUT2D eigenvalue weighted by Gasteiger charge is -2.21. The second-order valence-corrected chi connectivity index (χ2v) is 6.52. The summed E-state index contributed by atoms with van der Waals surface area (Å²) in [7, 11) is 1.67. The molecule has 0 spiro atoms. The van der Waals surface area contributed by atoms with Crippen LogP contribution in [0.5, 0.6) is 5.75 Å². The van der Waals surface area contributed by atoms with Crippen molar-refractivity contribution in [1.29, 1.82) is 0 Å². The number of aryl methyl sites for hydroxylation is 1. The Morgan fingerprint density at radius 3 is 2.44 bits per heavy atom. The van der Waals surface area contributed by atoms with Gasteiger partial charge in [-0.3, -0.25) is 4.99 Å². The first-order valence-electron chi connectivity index (χ1n) is 7.95. The molecule has 0 fully saturated rings. The predicted octanol–water partition coefficient (Wildman–Crippen LogP) is 3.27. The zero-order chi connectivity index (χ0) is 18.2.